The van der Waals surface area contributed by atoms with Crippen LogP contribution in [0.2, 0.25) is 5.02 Å². The topological polar surface area (TPSA) is 103 Å². The van der Waals surface area contributed by atoms with Crippen LogP contribution in [0, 0.1) is 10.1 Å². The molecular formula is C18H20ClN5O4. The van der Waals surface area contributed by atoms with Gasteiger partial charge in [0.2, 0.25) is 0 Å². The smallest absolute Gasteiger partial charge is 0.415 e. The van der Waals surface area contributed by atoms with Gasteiger partial charge < -0.3 is 20.2 Å². The van der Waals surface area contributed by atoms with E-state index in [9.17, 15) is 14.9 Å². The quantitative estimate of drug-likeness (QED) is 0.459. The summed E-state index contributed by atoms with van der Waals surface area (Å²) in [6, 6.07) is 6.85. The molecule has 1 unspecified atom stereocenters. The second-order valence-electron chi connectivity index (χ2n) is 7.43. The van der Waals surface area contributed by atoms with E-state index in [-0.39, 0.29) is 23.7 Å². The van der Waals surface area contributed by atoms with E-state index in [1.54, 1.807) is 28.8 Å². The Hall–Kier alpha value is -2.49. The fourth-order valence-electron chi connectivity index (χ4n) is 3.78. The van der Waals surface area contributed by atoms with Crippen LogP contribution in [0.1, 0.15) is 17.3 Å². The van der Waals surface area contributed by atoms with E-state index < -0.39 is 10.5 Å². The van der Waals surface area contributed by atoms with Crippen molar-refractivity contribution in [3.05, 3.63) is 51.2 Å². The van der Waals surface area contributed by atoms with E-state index in [1.807, 2.05) is 6.92 Å². The number of hydrogen-bond acceptors (Lipinski definition) is 7. The number of carbonyl (C=O) groups is 1. The first-order chi connectivity index (χ1) is 13.3. The van der Waals surface area contributed by atoms with Gasteiger partial charge in [-0.3, -0.25) is 14.3 Å². The molecule has 148 valence electrons. The van der Waals surface area contributed by atoms with Gasteiger partial charge in [-0.25, -0.2) is 0 Å². The van der Waals surface area contributed by atoms with Crippen molar-refractivity contribution in [1.29, 1.82) is 0 Å². The van der Waals surface area contributed by atoms with Crippen LogP contribution in [0.25, 0.3) is 0 Å². The Balaban J connectivity index is 1.40. The van der Waals surface area contributed by atoms with Crippen LogP contribution in [-0.4, -0.2) is 63.0 Å². The summed E-state index contributed by atoms with van der Waals surface area (Å²) in [7, 11) is 0. The first kappa shape index (κ1) is 18.9. The number of nitrogens with zero attached hydrogens (tertiary/aromatic N) is 4. The molecular weight excluding hydrogens is 386 g/mol. The largest absolute Gasteiger partial charge is 0.436 e. The lowest BCUT2D eigenvalue weighted by Crippen LogP contribution is -2.57. The molecule has 0 bridgehead atoms. The molecule has 2 atom stereocenters. The fraction of sp³-hybridized carbons (Fsp3) is 0.444. The third-order valence-corrected chi connectivity index (χ3v) is 5.27. The third-order valence-electron chi connectivity index (χ3n) is 5.02. The number of imidazole rings is 1. The first-order valence-corrected chi connectivity index (χ1v) is 9.37. The second-order valence-corrected chi connectivity index (χ2v) is 7.87. The summed E-state index contributed by atoms with van der Waals surface area (Å²) in [5.74, 6) is -0.185. The van der Waals surface area contributed by atoms with E-state index in [0.29, 0.717) is 36.8 Å². The number of hydrogen-bond donors (Lipinski definition) is 1. The molecule has 3 heterocycles. The van der Waals surface area contributed by atoms with E-state index in [4.69, 9.17) is 16.3 Å². The van der Waals surface area contributed by atoms with Crippen LogP contribution in [0.5, 0.6) is 6.01 Å². The van der Waals surface area contributed by atoms with Crippen molar-refractivity contribution in [2.75, 3.05) is 26.2 Å². The predicted molar refractivity (Wildman–Crippen MR) is 102 cm³/mol. The highest BCUT2D eigenvalue weighted by atomic mass is 35.5. The van der Waals surface area contributed by atoms with Gasteiger partial charge in [-0.05, 0) is 36.1 Å². The zero-order valence-corrected chi connectivity index (χ0v) is 16.1. The number of benzene rings is 1. The molecule has 9 nitrogen and oxygen atoms in total. The SMILES string of the molecule is C[C@]1(CN2CCNC(C(=O)c3ccc(Cl)cc3)C2)Cn2cc([N+](=O)[O-])nc2O1. The maximum Gasteiger partial charge on any atom is 0.415 e. The van der Waals surface area contributed by atoms with Gasteiger partial charge in [-0.2, -0.15) is 0 Å². The predicted octanol–water partition coefficient (Wildman–Crippen LogP) is 1.75. The average molecular weight is 406 g/mol. The molecule has 1 aromatic carbocycles. The van der Waals surface area contributed by atoms with E-state index in [0.717, 1.165) is 6.54 Å². The maximum absolute atomic E-state index is 12.8. The van der Waals surface area contributed by atoms with Crippen molar-refractivity contribution >= 4 is 23.2 Å². The zero-order chi connectivity index (χ0) is 19.9. The number of Topliss-reactive ketones (excluding diaryl/α,β-unsaturated/α-hetero) is 1. The Morgan fingerprint density at radius 1 is 1.46 bits per heavy atom. The number of piperazine rings is 1. The van der Waals surface area contributed by atoms with Gasteiger partial charge in [-0.15, -0.1) is 0 Å². The number of halogens is 1. The van der Waals surface area contributed by atoms with Gasteiger partial charge in [0.25, 0.3) is 0 Å². The summed E-state index contributed by atoms with van der Waals surface area (Å²) in [5.41, 5.74) is 0.0717. The molecule has 0 saturated carbocycles. The number of nitro groups is 1. The van der Waals surface area contributed by atoms with Gasteiger partial charge in [0, 0.05) is 41.7 Å². The normalized spacial score (nSPS) is 24.6. The molecule has 1 aromatic heterocycles. The van der Waals surface area contributed by atoms with Crippen LogP contribution in [0.15, 0.2) is 30.5 Å². The lowest BCUT2D eigenvalue weighted by atomic mass is 10.0. The Labute approximate surface area is 166 Å². The van der Waals surface area contributed by atoms with Gasteiger partial charge in [0.05, 0.1) is 12.6 Å². The van der Waals surface area contributed by atoms with Gasteiger partial charge in [0.15, 0.2) is 5.78 Å². The molecule has 2 aliphatic rings. The van der Waals surface area contributed by atoms with Crippen LogP contribution < -0.4 is 10.1 Å². The minimum absolute atomic E-state index is 0.0300. The number of nitrogens with one attached hydrogen (secondary N) is 1. The number of rotatable bonds is 5. The van der Waals surface area contributed by atoms with E-state index in [2.05, 4.69) is 15.2 Å². The molecule has 0 aliphatic carbocycles. The Bertz CT molecular complexity index is 890. The molecule has 28 heavy (non-hydrogen) atoms. The highest BCUT2D eigenvalue weighted by molar-refractivity contribution is 6.30. The Morgan fingerprint density at radius 2 is 2.21 bits per heavy atom. The highest BCUT2D eigenvalue weighted by Gasteiger charge is 2.42. The number of carbonyl (C=O) groups excluding carboxylic acids is 1. The minimum atomic E-state index is -0.553. The van der Waals surface area contributed by atoms with Crippen molar-refractivity contribution in [2.45, 2.75) is 25.1 Å². The lowest BCUT2D eigenvalue weighted by molar-refractivity contribution is -0.389. The maximum atomic E-state index is 12.8. The summed E-state index contributed by atoms with van der Waals surface area (Å²) in [4.78, 5) is 29.2. The lowest BCUT2D eigenvalue weighted by Gasteiger charge is -2.37. The zero-order valence-electron chi connectivity index (χ0n) is 15.3. The average Bonchev–Trinajstić information content (AvgIpc) is 3.17. The van der Waals surface area contributed by atoms with Gasteiger partial charge >= 0.3 is 11.8 Å². The molecule has 0 radical (unpaired) electrons. The van der Waals surface area contributed by atoms with E-state index >= 15 is 0 Å². The van der Waals surface area contributed by atoms with Crippen molar-refractivity contribution < 1.29 is 14.5 Å². The Kier molecular flexibility index (Phi) is 4.82. The second kappa shape index (κ2) is 7.16. The van der Waals surface area contributed by atoms with E-state index in [1.165, 1.54) is 6.20 Å². The fourth-order valence-corrected chi connectivity index (χ4v) is 3.91. The molecule has 4 rings (SSSR count). The van der Waals surface area contributed by atoms with Gasteiger partial charge in [0.1, 0.15) is 11.8 Å². The summed E-state index contributed by atoms with van der Waals surface area (Å²) in [5, 5.41) is 14.7. The molecule has 2 aliphatic heterocycles. The van der Waals surface area contributed by atoms with Crippen LogP contribution in [0.3, 0.4) is 0 Å². The number of ether oxygens (including phenoxy) is 1. The van der Waals surface area contributed by atoms with Gasteiger partial charge in [-0.1, -0.05) is 11.6 Å². The van der Waals surface area contributed by atoms with Crippen LogP contribution >= 0.6 is 11.6 Å². The molecule has 0 spiro atoms. The summed E-state index contributed by atoms with van der Waals surface area (Å²) < 4.78 is 7.57. The molecule has 2 aromatic rings. The molecule has 10 heteroatoms. The summed E-state index contributed by atoms with van der Waals surface area (Å²) in [6.07, 6.45) is 1.39. The monoisotopic (exact) mass is 405 g/mol. The molecule has 1 fully saturated rings. The summed E-state index contributed by atoms with van der Waals surface area (Å²) >= 11 is 5.90. The van der Waals surface area contributed by atoms with Crippen LogP contribution in [-0.2, 0) is 6.54 Å². The van der Waals surface area contributed by atoms with Crippen LogP contribution in [0.4, 0.5) is 5.82 Å². The first-order valence-electron chi connectivity index (χ1n) is 8.99. The minimum Gasteiger partial charge on any atom is -0.436 e. The standard InChI is InChI=1S/C18H20ClN5O4/c1-18(11-23-9-15(24(26)27)21-17(23)28-18)10-22-7-6-20-14(8-22)16(25)12-2-4-13(19)5-3-12/h2-5,9,14,20H,6-8,10-11H2,1H3/t14?,18-/m0/s1. The third kappa shape index (κ3) is 3.73. The van der Waals surface area contributed by atoms with Crippen molar-refractivity contribution in [3.8, 4) is 6.01 Å². The number of fused-ring (bicyclic) bond motifs is 1. The highest BCUT2D eigenvalue weighted by Crippen LogP contribution is 2.31. The van der Waals surface area contributed by atoms with Crippen molar-refractivity contribution in [1.82, 2.24) is 19.8 Å². The summed E-state index contributed by atoms with van der Waals surface area (Å²) in [6.45, 7) is 5.05. The number of ketones is 1. The van der Waals surface area contributed by atoms with Crippen molar-refractivity contribution in [3.63, 3.8) is 0 Å². The van der Waals surface area contributed by atoms with Crippen molar-refractivity contribution in [2.24, 2.45) is 0 Å². The molecule has 1 N–H and O–H groups in total. The Morgan fingerprint density at radius 3 is 2.89 bits per heavy atom. The number of aromatic nitrogens is 2. The molecule has 1 saturated heterocycles. The molecule has 0 amide bonds.